The van der Waals surface area contributed by atoms with Crippen molar-refractivity contribution in [3.8, 4) is 5.75 Å². The number of carbonyl (C=O) groups excluding carboxylic acids is 1. The van der Waals surface area contributed by atoms with E-state index in [1.165, 1.54) is 0 Å². The van der Waals surface area contributed by atoms with Crippen LogP contribution in [0, 0.1) is 0 Å². The highest BCUT2D eigenvalue weighted by Crippen LogP contribution is 2.20. The van der Waals surface area contributed by atoms with Gasteiger partial charge in [-0.3, -0.25) is 4.79 Å². The molecule has 1 heterocycles. The van der Waals surface area contributed by atoms with Crippen LogP contribution in [-0.4, -0.2) is 43.1 Å². The third-order valence-corrected chi connectivity index (χ3v) is 3.07. The molecule has 98 valence electrons. The Labute approximate surface area is 108 Å². The van der Waals surface area contributed by atoms with Crippen molar-refractivity contribution >= 4 is 5.91 Å². The molecule has 1 aromatic rings. The van der Waals surface area contributed by atoms with Gasteiger partial charge in [-0.1, -0.05) is 12.1 Å². The topological polar surface area (TPSA) is 41.6 Å². The van der Waals surface area contributed by atoms with E-state index < -0.39 is 0 Å². The molecule has 18 heavy (non-hydrogen) atoms. The second-order valence-corrected chi connectivity index (χ2v) is 4.54. The summed E-state index contributed by atoms with van der Waals surface area (Å²) < 4.78 is 5.51. The Morgan fingerprint density at radius 1 is 1.50 bits per heavy atom. The first kappa shape index (κ1) is 12.9. The average Bonchev–Trinajstić information content (AvgIpc) is 2.39. The lowest BCUT2D eigenvalue weighted by molar-refractivity contribution is 0.0705. The Morgan fingerprint density at radius 3 is 3.00 bits per heavy atom. The number of hydrogen-bond acceptors (Lipinski definition) is 3. The van der Waals surface area contributed by atoms with E-state index in [0.29, 0.717) is 24.0 Å². The largest absolute Gasteiger partial charge is 0.493 e. The number of benzene rings is 1. The minimum absolute atomic E-state index is 0.0624. The molecule has 1 aliphatic heterocycles. The molecule has 0 saturated carbocycles. The Hall–Kier alpha value is -1.55. The summed E-state index contributed by atoms with van der Waals surface area (Å²) >= 11 is 0. The lowest BCUT2D eigenvalue weighted by atomic mass is 10.1. The summed E-state index contributed by atoms with van der Waals surface area (Å²) in [5.41, 5.74) is 0.661. The zero-order valence-electron chi connectivity index (χ0n) is 11.0. The van der Waals surface area contributed by atoms with E-state index in [1.807, 2.05) is 36.1 Å². The van der Waals surface area contributed by atoms with Gasteiger partial charge < -0.3 is 15.0 Å². The Kier molecular flexibility index (Phi) is 4.20. The van der Waals surface area contributed by atoms with Crippen LogP contribution in [0.2, 0.25) is 0 Å². The first-order valence-electron chi connectivity index (χ1n) is 6.47. The number of amides is 1. The van der Waals surface area contributed by atoms with Crippen molar-refractivity contribution in [2.75, 3.05) is 26.2 Å². The summed E-state index contributed by atoms with van der Waals surface area (Å²) in [7, 11) is 0. The molecule has 0 aliphatic carbocycles. The number of rotatable bonds is 3. The van der Waals surface area contributed by atoms with Crippen LogP contribution in [0.4, 0.5) is 0 Å². The molecule has 1 atom stereocenters. The number of carbonyl (C=O) groups is 1. The SMILES string of the molecule is CCOc1ccccc1C(=O)N1CCN[C@H](C)C1. The maximum atomic E-state index is 12.5. The molecule has 2 rings (SSSR count). The smallest absolute Gasteiger partial charge is 0.257 e. The van der Waals surface area contributed by atoms with Gasteiger partial charge in [0.15, 0.2) is 0 Å². The molecule has 1 fully saturated rings. The summed E-state index contributed by atoms with van der Waals surface area (Å²) in [5.74, 6) is 0.739. The zero-order chi connectivity index (χ0) is 13.0. The van der Waals surface area contributed by atoms with Crippen LogP contribution in [0.1, 0.15) is 24.2 Å². The van der Waals surface area contributed by atoms with Gasteiger partial charge in [-0.25, -0.2) is 0 Å². The molecule has 4 nitrogen and oxygen atoms in total. The summed E-state index contributed by atoms with van der Waals surface area (Å²) in [6.45, 7) is 6.94. The summed E-state index contributed by atoms with van der Waals surface area (Å²) in [5, 5.41) is 3.33. The van der Waals surface area contributed by atoms with Crippen LogP contribution in [0.15, 0.2) is 24.3 Å². The number of para-hydroxylation sites is 1. The van der Waals surface area contributed by atoms with Crippen LogP contribution >= 0.6 is 0 Å². The molecule has 1 N–H and O–H groups in total. The van der Waals surface area contributed by atoms with Crippen molar-refractivity contribution < 1.29 is 9.53 Å². The second kappa shape index (κ2) is 5.87. The standard InChI is InChI=1S/C14H20N2O2/c1-3-18-13-7-5-4-6-12(13)14(17)16-9-8-15-11(2)10-16/h4-7,11,15H,3,8-10H2,1-2H3/t11-/m1/s1. The maximum absolute atomic E-state index is 12.5. The third-order valence-electron chi connectivity index (χ3n) is 3.07. The molecule has 1 aromatic carbocycles. The van der Waals surface area contributed by atoms with Gasteiger partial charge in [0.1, 0.15) is 5.75 Å². The second-order valence-electron chi connectivity index (χ2n) is 4.54. The van der Waals surface area contributed by atoms with Gasteiger partial charge in [-0.15, -0.1) is 0 Å². The van der Waals surface area contributed by atoms with E-state index in [0.717, 1.165) is 19.6 Å². The lowest BCUT2D eigenvalue weighted by Crippen LogP contribution is -2.51. The van der Waals surface area contributed by atoms with Gasteiger partial charge in [0.05, 0.1) is 12.2 Å². The van der Waals surface area contributed by atoms with Crippen LogP contribution < -0.4 is 10.1 Å². The lowest BCUT2D eigenvalue weighted by Gasteiger charge is -2.32. The molecule has 1 amide bonds. The predicted molar refractivity (Wildman–Crippen MR) is 71.0 cm³/mol. The van der Waals surface area contributed by atoms with E-state index in [2.05, 4.69) is 12.2 Å². The molecule has 0 spiro atoms. The quantitative estimate of drug-likeness (QED) is 0.881. The number of nitrogens with zero attached hydrogens (tertiary/aromatic N) is 1. The van der Waals surface area contributed by atoms with Crippen molar-refractivity contribution in [3.05, 3.63) is 29.8 Å². The Bertz CT molecular complexity index is 420. The highest BCUT2D eigenvalue weighted by Gasteiger charge is 2.23. The van der Waals surface area contributed by atoms with Gasteiger partial charge in [0.25, 0.3) is 5.91 Å². The molecule has 0 bridgehead atoms. The molecule has 1 saturated heterocycles. The van der Waals surface area contributed by atoms with Crippen molar-refractivity contribution in [1.29, 1.82) is 0 Å². The molecular formula is C14H20N2O2. The number of ether oxygens (including phenoxy) is 1. The molecular weight excluding hydrogens is 228 g/mol. The van der Waals surface area contributed by atoms with E-state index >= 15 is 0 Å². The fourth-order valence-electron chi connectivity index (χ4n) is 2.21. The summed E-state index contributed by atoms with van der Waals surface area (Å²) in [6, 6.07) is 7.80. The van der Waals surface area contributed by atoms with Crippen LogP contribution in [0.5, 0.6) is 5.75 Å². The molecule has 0 unspecified atom stereocenters. The van der Waals surface area contributed by atoms with E-state index in [1.54, 1.807) is 0 Å². The van der Waals surface area contributed by atoms with Crippen molar-refractivity contribution in [1.82, 2.24) is 10.2 Å². The summed E-state index contributed by atoms with van der Waals surface area (Å²) in [4.78, 5) is 14.3. The molecule has 4 heteroatoms. The van der Waals surface area contributed by atoms with Crippen molar-refractivity contribution in [3.63, 3.8) is 0 Å². The summed E-state index contributed by atoms with van der Waals surface area (Å²) in [6.07, 6.45) is 0. The van der Waals surface area contributed by atoms with E-state index in [4.69, 9.17) is 4.74 Å². The fraction of sp³-hybridized carbons (Fsp3) is 0.500. The predicted octanol–water partition coefficient (Wildman–Crippen LogP) is 1.52. The molecule has 0 aromatic heterocycles. The van der Waals surface area contributed by atoms with Gasteiger partial charge >= 0.3 is 0 Å². The van der Waals surface area contributed by atoms with Gasteiger partial charge in [0, 0.05) is 25.7 Å². The normalized spacial score (nSPS) is 19.7. The Morgan fingerprint density at radius 2 is 2.28 bits per heavy atom. The highest BCUT2D eigenvalue weighted by atomic mass is 16.5. The molecule has 0 radical (unpaired) electrons. The molecule has 1 aliphatic rings. The first-order valence-corrected chi connectivity index (χ1v) is 6.47. The minimum atomic E-state index is 0.0624. The third kappa shape index (κ3) is 2.82. The van der Waals surface area contributed by atoms with Gasteiger partial charge in [-0.05, 0) is 26.0 Å². The van der Waals surface area contributed by atoms with Crippen molar-refractivity contribution in [2.24, 2.45) is 0 Å². The number of nitrogens with one attached hydrogen (secondary N) is 1. The van der Waals surface area contributed by atoms with E-state index in [-0.39, 0.29) is 5.91 Å². The Balaban J connectivity index is 2.17. The number of piperazine rings is 1. The zero-order valence-corrected chi connectivity index (χ0v) is 11.0. The maximum Gasteiger partial charge on any atom is 0.257 e. The average molecular weight is 248 g/mol. The van der Waals surface area contributed by atoms with Crippen molar-refractivity contribution in [2.45, 2.75) is 19.9 Å². The van der Waals surface area contributed by atoms with Crippen LogP contribution in [-0.2, 0) is 0 Å². The van der Waals surface area contributed by atoms with Crippen LogP contribution in [0.25, 0.3) is 0 Å². The van der Waals surface area contributed by atoms with Crippen LogP contribution in [0.3, 0.4) is 0 Å². The monoisotopic (exact) mass is 248 g/mol. The number of hydrogen-bond donors (Lipinski definition) is 1. The first-order chi connectivity index (χ1) is 8.72. The fourth-order valence-corrected chi connectivity index (χ4v) is 2.21. The van der Waals surface area contributed by atoms with E-state index in [9.17, 15) is 4.79 Å². The van der Waals surface area contributed by atoms with Gasteiger partial charge in [-0.2, -0.15) is 0 Å². The minimum Gasteiger partial charge on any atom is -0.493 e. The highest BCUT2D eigenvalue weighted by molar-refractivity contribution is 5.97. The van der Waals surface area contributed by atoms with Gasteiger partial charge in [0.2, 0.25) is 0 Å².